The van der Waals surface area contributed by atoms with Crippen LogP contribution >= 0.6 is 0 Å². The molecule has 0 saturated heterocycles. The summed E-state index contributed by atoms with van der Waals surface area (Å²) in [5.74, 6) is 0. The Kier molecular flexibility index (Phi) is 2.26. The Labute approximate surface area is 66.5 Å². The zero-order valence-electron chi connectivity index (χ0n) is 6.91. The smallest absolute Gasteiger partial charge is 0.134 e. The van der Waals surface area contributed by atoms with E-state index in [-0.39, 0.29) is 0 Å². The van der Waals surface area contributed by atoms with Crippen LogP contribution in [-0.4, -0.2) is 11.6 Å². The van der Waals surface area contributed by atoms with Gasteiger partial charge in [0.15, 0.2) is 0 Å². The molecule has 0 aliphatic carbocycles. The van der Waals surface area contributed by atoms with Crippen LogP contribution in [0.25, 0.3) is 6.20 Å². The van der Waals surface area contributed by atoms with Crippen molar-refractivity contribution in [3.63, 3.8) is 0 Å². The number of hydrogen-bond donors (Lipinski definition) is 0. The Morgan fingerprint density at radius 1 is 1.64 bits per heavy atom. The molecule has 1 aromatic heterocycles. The summed E-state index contributed by atoms with van der Waals surface area (Å²) in [5, 5.41) is 0. The maximum atomic E-state index is 4.13. The van der Waals surface area contributed by atoms with Crippen molar-refractivity contribution in [3.05, 3.63) is 36.0 Å². The van der Waals surface area contributed by atoms with Crippen molar-refractivity contribution >= 4 is 6.20 Å². The third kappa shape index (κ3) is 1.40. The molecule has 0 saturated carbocycles. The first-order valence-electron chi connectivity index (χ1n) is 3.52. The molecule has 1 heterocycles. The third-order valence-electron chi connectivity index (χ3n) is 1.60. The normalized spacial score (nSPS) is 11.6. The minimum atomic E-state index is 0.961. The van der Waals surface area contributed by atoms with Gasteiger partial charge in [-0.2, -0.15) is 0 Å². The van der Waals surface area contributed by atoms with E-state index in [4.69, 9.17) is 0 Å². The number of nitrogens with zero attached hydrogens (tertiary/aromatic N) is 2. The highest BCUT2D eigenvalue weighted by atomic mass is 15.0. The lowest BCUT2D eigenvalue weighted by atomic mass is 10.3. The average molecular weight is 148 g/mol. The molecule has 0 fully saturated rings. The van der Waals surface area contributed by atoms with Gasteiger partial charge in [-0.25, -0.2) is 0 Å². The summed E-state index contributed by atoms with van der Waals surface area (Å²) in [6.45, 7) is 5.71. The fourth-order valence-electron chi connectivity index (χ4n) is 1.07. The van der Waals surface area contributed by atoms with Gasteiger partial charge in [0, 0.05) is 19.4 Å². The molecule has 2 nitrogen and oxygen atoms in total. The fourth-order valence-corrected chi connectivity index (χ4v) is 1.07. The minimum Gasteiger partial charge on any atom is -0.309 e. The van der Waals surface area contributed by atoms with Crippen molar-refractivity contribution in [1.82, 2.24) is 4.57 Å². The Bertz CT molecular complexity index is 321. The molecule has 0 atom stereocenters. The molecule has 0 aromatic carbocycles. The Balaban J connectivity index is 3.49. The largest absolute Gasteiger partial charge is 0.309 e. The van der Waals surface area contributed by atoms with Crippen LogP contribution in [0.4, 0.5) is 0 Å². The number of pyridine rings is 1. The highest BCUT2D eigenvalue weighted by molar-refractivity contribution is 5.20. The van der Waals surface area contributed by atoms with Gasteiger partial charge < -0.3 is 4.57 Å². The molecule has 58 valence electrons. The standard InChI is InChI=1S/C9H12N2/c1-4-11-7-5-6-8(2)9(11)10-3/h4-7H,1H2,2-3H3. The first-order valence-corrected chi connectivity index (χ1v) is 3.52. The average Bonchev–Trinajstić information content (AvgIpc) is 2.04. The molecule has 0 N–H and O–H groups in total. The van der Waals surface area contributed by atoms with Gasteiger partial charge in [-0.05, 0) is 18.6 Å². The van der Waals surface area contributed by atoms with Crippen LogP contribution < -0.4 is 5.49 Å². The summed E-state index contributed by atoms with van der Waals surface area (Å²) in [4.78, 5) is 4.13. The second-order valence-corrected chi connectivity index (χ2v) is 2.33. The van der Waals surface area contributed by atoms with Gasteiger partial charge in [-0.15, -0.1) is 0 Å². The van der Waals surface area contributed by atoms with Crippen molar-refractivity contribution in [2.24, 2.45) is 4.99 Å². The van der Waals surface area contributed by atoms with E-state index in [1.165, 1.54) is 0 Å². The van der Waals surface area contributed by atoms with E-state index in [9.17, 15) is 0 Å². The molecule has 0 radical (unpaired) electrons. The van der Waals surface area contributed by atoms with Gasteiger partial charge in [0.05, 0.1) is 0 Å². The summed E-state index contributed by atoms with van der Waals surface area (Å²) >= 11 is 0. The van der Waals surface area contributed by atoms with Gasteiger partial charge >= 0.3 is 0 Å². The summed E-state index contributed by atoms with van der Waals surface area (Å²) < 4.78 is 1.90. The molecule has 11 heavy (non-hydrogen) atoms. The zero-order chi connectivity index (χ0) is 8.27. The third-order valence-corrected chi connectivity index (χ3v) is 1.60. The molecule has 1 rings (SSSR count). The second-order valence-electron chi connectivity index (χ2n) is 2.33. The SMILES string of the molecule is C=Cn1cccc(C)c1=NC. The number of rotatable bonds is 1. The maximum Gasteiger partial charge on any atom is 0.134 e. The van der Waals surface area contributed by atoms with E-state index in [2.05, 4.69) is 11.6 Å². The molecule has 0 aliphatic rings. The predicted octanol–water partition coefficient (Wildman–Crippen LogP) is 1.43. The first-order chi connectivity index (χ1) is 5.29. The van der Waals surface area contributed by atoms with Gasteiger partial charge in [0.1, 0.15) is 5.49 Å². The van der Waals surface area contributed by atoms with Gasteiger partial charge in [0.2, 0.25) is 0 Å². The highest BCUT2D eigenvalue weighted by Crippen LogP contribution is 1.88. The summed E-state index contributed by atoms with van der Waals surface area (Å²) in [5.41, 5.74) is 2.12. The molecule has 0 bridgehead atoms. The second kappa shape index (κ2) is 3.19. The molecule has 0 aliphatic heterocycles. The Morgan fingerprint density at radius 2 is 2.36 bits per heavy atom. The van der Waals surface area contributed by atoms with E-state index in [0.29, 0.717) is 0 Å². The molecule has 0 unspecified atom stereocenters. The first kappa shape index (κ1) is 7.79. The Morgan fingerprint density at radius 3 is 2.82 bits per heavy atom. The quantitative estimate of drug-likeness (QED) is 0.573. The molecular weight excluding hydrogens is 136 g/mol. The number of aryl methyl sites for hydroxylation is 1. The van der Waals surface area contributed by atoms with Gasteiger partial charge in [-0.1, -0.05) is 12.6 Å². The van der Waals surface area contributed by atoms with E-state index in [0.717, 1.165) is 11.1 Å². The zero-order valence-corrected chi connectivity index (χ0v) is 6.91. The summed E-state index contributed by atoms with van der Waals surface area (Å²) in [7, 11) is 1.78. The monoisotopic (exact) mass is 148 g/mol. The molecular formula is C9H12N2. The van der Waals surface area contributed by atoms with E-state index < -0.39 is 0 Å². The van der Waals surface area contributed by atoms with Crippen LogP contribution in [0.2, 0.25) is 0 Å². The summed E-state index contributed by atoms with van der Waals surface area (Å²) in [6, 6.07) is 4.01. The van der Waals surface area contributed by atoms with Crippen LogP contribution in [0.1, 0.15) is 5.56 Å². The lowest BCUT2D eigenvalue weighted by molar-refractivity contribution is 0.967. The summed E-state index contributed by atoms with van der Waals surface area (Å²) in [6.07, 6.45) is 3.68. The maximum absolute atomic E-state index is 4.13. The molecule has 1 aromatic rings. The molecule has 0 spiro atoms. The lowest BCUT2D eigenvalue weighted by Crippen LogP contribution is -2.18. The number of hydrogen-bond acceptors (Lipinski definition) is 1. The van der Waals surface area contributed by atoms with E-state index in [1.54, 1.807) is 13.2 Å². The van der Waals surface area contributed by atoms with Crippen molar-refractivity contribution in [2.75, 3.05) is 7.05 Å². The topological polar surface area (TPSA) is 17.3 Å². The predicted molar refractivity (Wildman–Crippen MR) is 47.0 cm³/mol. The van der Waals surface area contributed by atoms with Crippen molar-refractivity contribution in [2.45, 2.75) is 6.92 Å². The van der Waals surface area contributed by atoms with Crippen molar-refractivity contribution in [3.8, 4) is 0 Å². The van der Waals surface area contributed by atoms with Crippen molar-refractivity contribution in [1.29, 1.82) is 0 Å². The van der Waals surface area contributed by atoms with Crippen LogP contribution in [0, 0.1) is 6.92 Å². The highest BCUT2D eigenvalue weighted by Gasteiger charge is 1.89. The Hall–Kier alpha value is -1.31. The molecule has 0 amide bonds. The van der Waals surface area contributed by atoms with Gasteiger partial charge in [-0.3, -0.25) is 4.99 Å². The number of aromatic nitrogens is 1. The van der Waals surface area contributed by atoms with Crippen molar-refractivity contribution < 1.29 is 0 Å². The van der Waals surface area contributed by atoms with Crippen LogP contribution in [0.15, 0.2) is 29.9 Å². The van der Waals surface area contributed by atoms with Crippen LogP contribution in [0.3, 0.4) is 0 Å². The van der Waals surface area contributed by atoms with E-state index in [1.807, 2.05) is 29.8 Å². The molecule has 2 heteroatoms. The van der Waals surface area contributed by atoms with Crippen LogP contribution in [0.5, 0.6) is 0 Å². The van der Waals surface area contributed by atoms with Gasteiger partial charge in [0.25, 0.3) is 0 Å². The minimum absolute atomic E-state index is 0.961. The fraction of sp³-hybridized carbons (Fsp3) is 0.222. The lowest BCUT2D eigenvalue weighted by Gasteiger charge is -2.01. The van der Waals surface area contributed by atoms with E-state index >= 15 is 0 Å². The van der Waals surface area contributed by atoms with Crippen LogP contribution in [-0.2, 0) is 0 Å².